The van der Waals surface area contributed by atoms with Crippen LogP contribution in [0.1, 0.15) is 31.7 Å². The maximum absolute atomic E-state index is 12.7. The first-order valence-electron chi connectivity index (χ1n) is 8.66. The Kier molecular flexibility index (Phi) is 5.44. The Morgan fingerprint density at radius 1 is 1.04 bits per heavy atom. The summed E-state index contributed by atoms with van der Waals surface area (Å²) in [5.41, 5.74) is 0.850. The second kappa shape index (κ2) is 7.78. The van der Waals surface area contributed by atoms with E-state index in [1.54, 1.807) is 24.3 Å². The topological polar surface area (TPSA) is 39.2 Å². The SMILES string of the molecule is CCCCC(=O)Oc1cccc2ccc(-c3ccc(C(F)(F)F)cc3)nc12. The zero-order chi connectivity index (χ0) is 19.4. The number of pyridine rings is 1. The number of ether oxygens (including phenoxy) is 1. The number of alkyl halides is 3. The molecule has 0 spiro atoms. The number of aromatic nitrogens is 1. The van der Waals surface area contributed by atoms with Gasteiger partial charge in [-0.2, -0.15) is 13.2 Å². The van der Waals surface area contributed by atoms with Gasteiger partial charge in [0.2, 0.25) is 0 Å². The Morgan fingerprint density at radius 2 is 1.78 bits per heavy atom. The number of carbonyl (C=O) groups is 1. The van der Waals surface area contributed by atoms with Gasteiger partial charge in [-0.3, -0.25) is 4.79 Å². The molecule has 3 aromatic rings. The molecule has 0 aliphatic rings. The summed E-state index contributed by atoms with van der Waals surface area (Å²) in [6, 6.07) is 13.6. The Bertz CT molecular complexity index is 950. The molecule has 2 aromatic carbocycles. The first-order valence-corrected chi connectivity index (χ1v) is 8.66. The van der Waals surface area contributed by atoms with Crippen LogP contribution in [0.3, 0.4) is 0 Å². The Morgan fingerprint density at radius 3 is 2.44 bits per heavy atom. The minimum Gasteiger partial charge on any atom is -0.424 e. The van der Waals surface area contributed by atoms with E-state index in [9.17, 15) is 18.0 Å². The monoisotopic (exact) mass is 373 g/mol. The van der Waals surface area contributed by atoms with Crippen LogP contribution in [0, 0.1) is 0 Å². The Labute approximate surface area is 154 Å². The molecule has 1 aromatic heterocycles. The van der Waals surface area contributed by atoms with E-state index in [0.29, 0.717) is 28.9 Å². The number of nitrogens with zero attached hydrogens (tertiary/aromatic N) is 1. The van der Waals surface area contributed by atoms with E-state index in [-0.39, 0.29) is 5.97 Å². The molecule has 0 radical (unpaired) electrons. The zero-order valence-corrected chi connectivity index (χ0v) is 14.7. The number of esters is 1. The van der Waals surface area contributed by atoms with Gasteiger partial charge in [0.1, 0.15) is 5.52 Å². The molecule has 0 saturated carbocycles. The number of para-hydroxylation sites is 1. The highest BCUT2D eigenvalue weighted by atomic mass is 19.4. The molecule has 6 heteroatoms. The number of carbonyl (C=O) groups excluding carboxylic acids is 1. The second-order valence-corrected chi connectivity index (χ2v) is 6.18. The zero-order valence-electron chi connectivity index (χ0n) is 14.7. The molecule has 0 fully saturated rings. The van der Waals surface area contributed by atoms with Crippen molar-refractivity contribution in [2.75, 3.05) is 0 Å². The van der Waals surface area contributed by atoms with E-state index in [2.05, 4.69) is 4.98 Å². The van der Waals surface area contributed by atoms with Crippen LogP contribution in [0.5, 0.6) is 5.75 Å². The predicted octanol–water partition coefficient (Wildman–Crippen LogP) is 6.02. The molecule has 0 atom stereocenters. The van der Waals surface area contributed by atoms with Crippen LogP contribution in [-0.2, 0) is 11.0 Å². The van der Waals surface area contributed by atoms with E-state index < -0.39 is 11.7 Å². The van der Waals surface area contributed by atoms with E-state index in [1.165, 1.54) is 12.1 Å². The maximum atomic E-state index is 12.7. The summed E-state index contributed by atoms with van der Waals surface area (Å²) in [4.78, 5) is 16.5. The van der Waals surface area contributed by atoms with Crippen molar-refractivity contribution in [2.45, 2.75) is 32.4 Å². The predicted molar refractivity (Wildman–Crippen MR) is 97.3 cm³/mol. The summed E-state index contributed by atoms with van der Waals surface area (Å²) in [7, 11) is 0. The van der Waals surface area contributed by atoms with Crippen molar-refractivity contribution in [1.82, 2.24) is 4.98 Å². The molecule has 0 amide bonds. The molecule has 0 saturated heterocycles. The standard InChI is InChI=1S/C21H18F3NO2/c1-2-3-7-19(26)27-18-6-4-5-15-10-13-17(25-20(15)18)14-8-11-16(12-9-14)21(22,23)24/h4-6,8-13H,2-3,7H2,1H3. The third-order valence-electron chi connectivity index (χ3n) is 4.15. The first kappa shape index (κ1) is 18.9. The smallest absolute Gasteiger partial charge is 0.416 e. The summed E-state index contributed by atoms with van der Waals surface area (Å²) in [6.07, 6.45) is -2.42. The summed E-state index contributed by atoms with van der Waals surface area (Å²) in [5, 5.41) is 0.784. The van der Waals surface area contributed by atoms with Crippen LogP contribution < -0.4 is 4.74 Å². The highest BCUT2D eigenvalue weighted by molar-refractivity contribution is 5.89. The van der Waals surface area contributed by atoms with Gasteiger partial charge in [-0.25, -0.2) is 4.98 Å². The number of rotatable bonds is 5. The fourth-order valence-electron chi connectivity index (χ4n) is 2.69. The lowest BCUT2D eigenvalue weighted by Gasteiger charge is -2.10. The lowest BCUT2D eigenvalue weighted by atomic mass is 10.1. The van der Waals surface area contributed by atoms with E-state index >= 15 is 0 Å². The van der Waals surface area contributed by atoms with Crippen molar-refractivity contribution in [2.24, 2.45) is 0 Å². The molecule has 140 valence electrons. The van der Waals surface area contributed by atoms with Gasteiger partial charge in [0.05, 0.1) is 11.3 Å². The molecule has 0 unspecified atom stereocenters. The van der Waals surface area contributed by atoms with Gasteiger partial charge in [-0.15, -0.1) is 0 Å². The summed E-state index contributed by atoms with van der Waals surface area (Å²) < 4.78 is 43.6. The van der Waals surface area contributed by atoms with Gasteiger partial charge >= 0.3 is 12.1 Å². The van der Waals surface area contributed by atoms with Crippen molar-refractivity contribution < 1.29 is 22.7 Å². The molecular weight excluding hydrogens is 355 g/mol. The number of halogens is 3. The molecule has 0 aliphatic heterocycles. The van der Waals surface area contributed by atoms with Gasteiger partial charge in [0, 0.05) is 17.4 Å². The van der Waals surface area contributed by atoms with Crippen molar-refractivity contribution in [3.63, 3.8) is 0 Å². The van der Waals surface area contributed by atoms with Gasteiger partial charge in [0.25, 0.3) is 0 Å². The van der Waals surface area contributed by atoms with E-state index in [4.69, 9.17) is 4.74 Å². The van der Waals surface area contributed by atoms with Gasteiger partial charge in [0.15, 0.2) is 5.75 Å². The van der Waals surface area contributed by atoms with E-state index in [0.717, 1.165) is 30.4 Å². The molecule has 3 nitrogen and oxygen atoms in total. The molecule has 3 rings (SSSR count). The summed E-state index contributed by atoms with van der Waals surface area (Å²) >= 11 is 0. The molecule has 0 bridgehead atoms. The number of hydrogen-bond acceptors (Lipinski definition) is 3. The number of benzene rings is 2. The van der Waals surface area contributed by atoms with E-state index in [1.807, 2.05) is 13.0 Å². The summed E-state index contributed by atoms with van der Waals surface area (Å²) in [5.74, 6) is 0.0217. The lowest BCUT2D eigenvalue weighted by Crippen LogP contribution is -2.08. The third-order valence-corrected chi connectivity index (χ3v) is 4.15. The summed E-state index contributed by atoms with van der Waals surface area (Å²) in [6.45, 7) is 1.99. The largest absolute Gasteiger partial charge is 0.424 e. The Hall–Kier alpha value is -2.89. The van der Waals surface area contributed by atoms with Crippen molar-refractivity contribution >= 4 is 16.9 Å². The quantitative estimate of drug-likeness (QED) is 0.406. The minimum absolute atomic E-state index is 0.325. The fraction of sp³-hybridized carbons (Fsp3) is 0.238. The normalized spacial score (nSPS) is 11.6. The molecular formula is C21H18F3NO2. The van der Waals surface area contributed by atoms with Crippen molar-refractivity contribution in [1.29, 1.82) is 0 Å². The van der Waals surface area contributed by atoms with Crippen molar-refractivity contribution in [3.05, 3.63) is 60.2 Å². The van der Waals surface area contributed by atoms with Gasteiger partial charge in [-0.1, -0.05) is 43.7 Å². The maximum Gasteiger partial charge on any atom is 0.416 e. The minimum atomic E-state index is -4.38. The van der Waals surface area contributed by atoms with Crippen LogP contribution in [0.2, 0.25) is 0 Å². The molecule has 0 N–H and O–H groups in total. The van der Waals surface area contributed by atoms with Gasteiger partial charge in [-0.05, 0) is 30.7 Å². The van der Waals surface area contributed by atoms with Gasteiger partial charge < -0.3 is 4.74 Å². The van der Waals surface area contributed by atoms with Crippen LogP contribution >= 0.6 is 0 Å². The van der Waals surface area contributed by atoms with Crippen LogP contribution in [0.25, 0.3) is 22.2 Å². The number of hydrogen-bond donors (Lipinski definition) is 0. The third kappa shape index (κ3) is 4.45. The average Bonchev–Trinajstić information content (AvgIpc) is 2.66. The lowest BCUT2D eigenvalue weighted by molar-refractivity contribution is -0.137. The second-order valence-electron chi connectivity index (χ2n) is 6.18. The molecule has 0 aliphatic carbocycles. The highest BCUT2D eigenvalue weighted by Gasteiger charge is 2.30. The van der Waals surface area contributed by atoms with Crippen LogP contribution in [-0.4, -0.2) is 11.0 Å². The van der Waals surface area contributed by atoms with Crippen LogP contribution in [0.15, 0.2) is 54.6 Å². The van der Waals surface area contributed by atoms with Crippen LogP contribution in [0.4, 0.5) is 13.2 Å². The highest BCUT2D eigenvalue weighted by Crippen LogP contribution is 2.32. The fourth-order valence-corrected chi connectivity index (χ4v) is 2.69. The first-order chi connectivity index (χ1) is 12.9. The average molecular weight is 373 g/mol. The van der Waals surface area contributed by atoms with Crippen molar-refractivity contribution in [3.8, 4) is 17.0 Å². The Balaban J connectivity index is 1.94. The molecule has 1 heterocycles. The molecule has 27 heavy (non-hydrogen) atoms. The number of fused-ring (bicyclic) bond motifs is 1. The number of unbranched alkanes of at least 4 members (excludes halogenated alkanes) is 1.